The lowest BCUT2D eigenvalue weighted by atomic mass is 9.99. The van der Waals surface area contributed by atoms with Crippen LogP contribution in [0.4, 0.5) is 0 Å². The number of esters is 4. The number of aliphatic hydroxyl groups is 1. The number of hydrogen-bond donors (Lipinski definition) is 3. The number of rotatable bonds is 83. The summed E-state index contributed by atoms with van der Waals surface area (Å²) >= 11 is 0. The zero-order chi connectivity index (χ0) is 74.8. The Kier molecular flexibility index (Phi) is 74.4. The van der Waals surface area contributed by atoms with E-state index in [0.717, 1.165) is 95.8 Å². The van der Waals surface area contributed by atoms with E-state index in [-0.39, 0.29) is 25.7 Å². The zero-order valence-electron chi connectivity index (χ0n) is 66.8. The van der Waals surface area contributed by atoms with E-state index in [2.05, 4.69) is 34.6 Å². The molecule has 606 valence electrons. The van der Waals surface area contributed by atoms with Crippen LogP contribution in [0.15, 0.2) is 0 Å². The standard InChI is InChI=1S/C83H162O17P2/c1-6-10-13-16-19-22-25-27-29-31-33-35-37-39-41-43-46-52-57-62-67-81(86)94-72-78(99-82(87)68-63-58-53-47-44-42-40-38-36-34-32-30-28-26-23-20-17-14-11-7-2)74-97-101(89,90)95-70-77(84)71-96-102(91,92)98-75-79(73-93-80(85)66-61-56-51-45-24-21-18-15-12-8-3)100-83(88)69-64-59-54-49-48-50-55-60-65-76(5)9-4/h76-79,84H,6-75H2,1-5H3,(H,89,90)(H,91,92)/t76?,77-,78-,79-/m1/s1. The molecular formula is C83H162O17P2. The fourth-order valence-corrected chi connectivity index (χ4v) is 14.5. The smallest absolute Gasteiger partial charge is 0.462 e. The van der Waals surface area contributed by atoms with Gasteiger partial charge in [-0.15, -0.1) is 0 Å². The van der Waals surface area contributed by atoms with Gasteiger partial charge in [-0.2, -0.15) is 0 Å². The quantitative estimate of drug-likeness (QED) is 0.0222. The van der Waals surface area contributed by atoms with E-state index in [1.807, 2.05) is 0 Å². The Labute approximate surface area is 626 Å². The predicted octanol–water partition coefficient (Wildman–Crippen LogP) is 25.2. The molecule has 17 nitrogen and oxygen atoms in total. The van der Waals surface area contributed by atoms with Crippen LogP contribution in [0.1, 0.15) is 446 Å². The third kappa shape index (κ3) is 74.9. The van der Waals surface area contributed by atoms with Crippen molar-refractivity contribution in [3.63, 3.8) is 0 Å². The van der Waals surface area contributed by atoms with Gasteiger partial charge < -0.3 is 33.8 Å². The van der Waals surface area contributed by atoms with Crippen LogP contribution in [0.3, 0.4) is 0 Å². The molecule has 0 rings (SSSR count). The number of hydrogen-bond acceptors (Lipinski definition) is 15. The lowest BCUT2D eigenvalue weighted by molar-refractivity contribution is -0.161. The van der Waals surface area contributed by atoms with Gasteiger partial charge in [-0.1, -0.05) is 394 Å². The Morgan fingerprint density at radius 1 is 0.275 bits per heavy atom. The Morgan fingerprint density at radius 3 is 0.696 bits per heavy atom. The highest BCUT2D eigenvalue weighted by Crippen LogP contribution is 2.45. The Balaban J connectivity index is 5.21. The van der Waals surface area contributed by atoms with E-state index in [1.165, 1.54) is 270 Å². The van der Waals surface area contributed by atoms with Crippen molar-refractivity contribution in [3.8, 4) is 0 Å². The lowest BCUT2D eigenvalue weighted by Crippen LogP contribution is -2.30. The van der Waals surface area contributed by atoms with Crippen molar-refractivity contribution in [1.29, 1.82) is 0 Å². The second kappa shape index (κ2) is 75.9. The number of unbranched alkanes of at least 4 members (excludes halogenated alkanes) is 54. The summed E-state index contributed by atoms with van der Waals surface area (Å²) in [4.78, 5) is 73.0. The number of phosphoric acid groups is 2. The van der Waals surface area contributed by atoms with Gasteiger partial charge in [0.2, 0.25) is 0 Å². The molecule has 3 unspecified atom stereocenters. The Morgan fingerprint density at radius 2 is 0.471 bits per heavy atom. The topological polar surface area (TPSA) is 237 Å². The van der Waals surface area contributed by atoms with Crippen molar-refractivity contribution in [1.82, 2.24) is 0 Å². The molecular weight excluding hydrogens is 1330 g/mol. The Hall–Kier alpha value is -1.94. The van der Waals surface area contributed by atoms with Gasteiger partial charge >= 0.3 is 39.5 Å². The molecule has 0 aromatic carbocycles. The van der Waals surface area contributed by atoms with Crippen molar-refractivity contribution in [2.75, 3.05) is 39.6 Å². The SMILES string of the molecule is CCCCCCCCCCCCCCCCCCCCCCC(=O)OC[C@H](COP(=O)(O)OC[C@@H](O)COP(=O)(O)OC[C@@H](COC(=O)CCCCCCCCCCCC)OC(=O)CCCCCCCCCCC(C)CC)OC(=O)CCCCCCCCCCCCCCCCCCCCCC. The van der Waals surface area contributed by atoms with Gasteiger partial charge in [0.05, 0.1) is 26.4 Å². The second-order valence-corrected chi connectivity index (χ2v) is 33.0. The maximum Gasteiger partial charge on any atom is 0.472 e. The lowest BCUT2D eigenvalue weighted by Gasteiger charge is -2.21. The van der Waals surface area contributed by atoms with E-state index in [9.17, 15) is 43.2 Å². The first-order chi connectivity index (χ1) is 49.6. The molecule has 0 aliphatic carbocycles. The fraction of sp³-hybridized carbons (Fsp3) is 0.952. The summed E-state index contributed by atoms with van der Waals surface area (Å²) in [5.74, 6) is -1.34. The van der Waals surface area contributed by atoms with Gasteiger partial charge in [0.1, 0.15) is 19.3 Å². The van der Waals surface area contributed by atoms with Gasteiger partial charge in [-0.3, -0.25) is 37.3 Å². The van der Waals surface area contributed by atoms with Gasteiger partial charge in [-0.05, 0) is 31.6 Å². The Bertz CT molecular complexity index is 1950. The normalized spacial score (nSPS) is 14.1. The molecule has 19 heteroatoms. The first kappa shape index (κ1) is 100. The number of phosphoric ester groups is 2. The highest BCUT2D eigenvalue weighted by atomic mass is 31.2. The van der Waals surface area contributed by atoms with Crippen molar-refractivity contribution < 1.29 is 80.2 Å². The maximum atomic E-state index is 13.1. The summed E-state index contributed by atoms with van der Waals surface area (Å²) in [6.07, 6.45) is 68.1. The minimum atomic E-state index is -4.96. The molecule has 0 amide bonds. The highest BCUT2D eigenvalue weighted by molar-refractivity contribution is 7.47. The second-order valence-electron chi connectivity index (χ2n) is 30.1. The molecule has 0 heterocycles. The summed E-state index contributed by atoms with van der Waals surface area (Å²) in [5, 5.41) is 10.6. The van der Waals surface area contributed by atoms with Crippen LogP contribution in [0.5, 0.6) is 0 Å². The molecule has 0 aromatic heterocycles. The van der Waals surface area contributed by atoms with Crippen molar-refractivity contribution in [3.05, 3.63) is 0 Å². The minimum Gasteiger partial charge on any atom is -0.462 e. The van der Waals surface area contributed by atoms with E-state index >= 15 is 0 Å². The molecule has 0 aromatic rings. The van der Waals surface area contributed by atoms with Crippen LogP contribution >= 0.6 is 15.6 Å². The molecule has 102 heavy (non-hydrogen) atoms. The summed E-state index contributed by atoms with van der Waals surface area (Å²) in [6, 6.07) is 0. The minimum absolute atomic E-state index is 0.106. The van der Waals surface area contributed by atoms with E-state index < -0.39 is 97.5 Å². The average Bonchev–Trinajstić information content (AvgIpc) is 0.967. The highest BCUT2D eigenvalue weighted by Gasteiger charge is 2.30. The van der Waals surface area contributed by atoms with E-state index in [4.69, 9.17) is 37.0 Å². The number of aliphatic hydroxyl groups excluding tert-OH is 1. The molecule has 0 saturated heterocycles. The summed E-state index contributed by atoms with van der Waals surface area (Å²) in [6.45, 7) is 7.32. The summed E-state index contributed by atoms with van der Waals surface area (Å²) in [7, 11) is -9.92. The monoisotopic (exact) mass is 1490 g/mol. The average molecular weight is 1490 g/mol. The molecule has 0 bridgehead atoms. The van der Waals surface area contributed by atoms with Crippen molar-refractivity contribution >= 4 is 39.5 Å². The maximum absolute atomic E-state index is 13.1. The van der Waals surface area contributed by atoms with E-state index in [0.29, 0.717) is 25.7 Å². The molecule has 0 aliphatic rings. The van der Waals surface area contributed by atoms with Crippen LogP contribution in [-0.4, -0.2) is 96.7 Å². The summed E-state index contributed by atoms with van der Waals surface area (Å²) in [5.41, 5.74) is 0. The molecule has 6 atom stereocenters. The number of carbonyl (C=O) groups excluding carboxylic acids is 4. The van der Waals surface area contributed by atoms with Crippen molar-refractivity contribution in [2.45, 2.75) is 464 Å². The molecule has 0 aliphatic heterocycles. The first-order valence-electron chi connectivity index (χ1n) is 43.2. The van der Waals surface area contributed by atoms with Crippen LogP contribution in [0.25, 0.3) is 0 Å². The van der Waals surface area contributed by atoms with E-state index in [1.54, 1.807) is 0 Å². The molecule has 0 spiro atoms. The number of ether oxygens (including phenoxy) is 4. The molecule has 0 radical (unpaired) electrons. The third-order valence-electron chi connectivity index (χ3n) is 19.9. The van der Waals surface area contributed by atoms with Crippen LogP contribution in [0.2, 0.25) is 0 Å². The third-order valence-corrected chi connectivity index (χ3v) is 21.8. The largest absolute Gasteiger partial charge is 0.472 e. The summed E-state index contributed by atoms with van der Waals surface area (Å²) < 4.78 is 68.7. The molecule has 3 N–H and O–H groups in total. The van der Waals surface area contributed by atoms with Gasteiger partial charge in [-0.25, -0.2) is 9.13 Å². The van der Waals surface area contributed by atoms with Crippen LogP contribution in [0, 0.1) is 5.92 Å². The molecule has 0 fully saturated rings. The first-order valence-corrected chi connectivity index (χ1v) is 46.2. The van der Waals surface area contributed by atoms with Crippen LogP contribution in [-0.2, 0) is 65.4 Å². The van der Waals surface area contributed by atoms with Gasteiger partial charge in [0.25, 0.3) is 0 Å². The van der Waals surface area contributed by atoms with Crippen LogP contribution < -0.4 is 0 Å². The van der Waals surface area contributed by atoms with Gasteiger partial charge in [0.15, 0.2) is 12.2 Å². The van der Waals surface area contributed by atoms with Gasteiger partial charge in [0, 0.05) is 25.7 Å². The van der Waals surface area contributed by atoms with Crippen molar-refractivity contribution in [2.24, 2.45) is 5.92 Å². The molecule has 0 saturated carbocycles. The number of carbonyl (C=O) groups is 4. The predicted molar refractivity (Wildman–Crippen MR) is 418 cm³/mol. The zero-order valence-corrected chi connectivity index (χ0v) is 68.5. The fourth-order valence-electron chi connectivity index (χ4n) is 12.9.